The van der Waals surface area contributed by atoms with Crippen molar-refractivity contribution in [2.75, 3.05) is 0 Å². The Labute approximate surface area is 84.1 Å². The van der Waals surface area contributed by atoms with Gasteiger partial charge < -0.3 is 28.2 Å². The van der Waals surface area contributed by atoms with Crippen LogP contribution in [0.15, 0.2) is 0 Å². The Bertz CT molecular complexity index is 23.6. The van der Waals surface area contributed by atoms with Gasteiger partial charge in [-0.05, 0) is 0 Å². The summed E-state index contributed by atoms with van der Waals surface area (Å²) in [5.74, 6) is 0.463. The summed E-state index contributed by atoms with van der Waals surface area (Å²) < 4.78 is 0. The maximum absolute atomic E-state index is 3.75. The minimum Gasteiger partial charge on any atom is -0.358 e. The zero-order chi connectivity index (χ0) is 4.99. The zero-order valence-corrected chi connectivity index (χ0v) is 8.03. The molecule has 0 fully saturated rings. The molecule has 0 spiro atoms. The van der Waals surface area contributed by atoms with Gasteiger partial charge in [-0.3, -0.25) is 0 Å². The summed E-state index contributed by atoms with van der Waals surface area (Å²) in [4.78, 5) is 0. The van der Waals surface area contributed by atoms with E-state index in [2.05, 4.69) is 20.8 Å². The Hall–Kier alpha value is 1.26. The van der Waals surface area contributed by atoms with Crippen LogP contribution in [-0.4, -0.2) is 37.7 Å². The topological polar surface area (TPSA) is 0 Å². The first-order chi connectivity index (χ1) is 2.81. The fourth-order valence-corrected chi connectivity index (χ4v) is 0.144. The molecule has 0 atom stereocenters. The van der Waals surface area contributed by atoms with E-state index in [0.717, 1.165) is 12.8 Å². The fourth-order valence-electron chi connectivity index (χ4n) is 0.144. The van der Waals surface area contributed by atoms with Gasteiger partial charge in [0.25, 0.3) is 0 Å². The Balaban J connectivity index is -0.000000125. The van der Waals surface area contributed by atoms with Gasteiger partial charge in [0.05, 0.1) is 0 Å². The van der Waals surface area contributed by atoms with E-state index in [4.69, 9.17) is 0 Å². The third-order valence-electron chi connectivity index (χ3n) is 0.816. The summed E-state index contributed by atoms with van der Waals surface area (Å²) >= 11 is 0. The van der Waals surface area contributed by atoms with E-state index in [1.54, 1.807) is 0 Å². The van der Waals surface area contributed by atoms with Crippen LogP contribution in [0.3, 0.4) is 0 Å². The van der Waals surface area contributed by atoms with Gasteiger partial charge in [-0.15, -0.1) is 0 Å². The van der Waals surface area contributed by atoms with E-state index >= 15 is 0 Å². The molecule has 0 saturated heterocycles. The molecule has 1 heteroatoms. The van der Waals surface area contributed by atoms with Gasteiger partial charge in [-0.2, -0.15) is 0 Å². The van der Waals surface area contributed by atoms with Crippen LogP contribution in [0, 0.1) is 34.1 Å². The van der Waals surface area contributed by atoms with Crippen molar-refractivity contribution in [2.24, 2.45) is 5.92 Å². The molecule has 0 aliphatic rings. The molecule has 0 saturated carbocycles. The van der Waals surface area contributed by atoms with Crippen molar-refractivity contribution in [3.05, 3.63) is 28.2 Å². The molecule has 0 heterocycles. The second kappa shape index (κ2) is 11.1. The maximum atomic E-state index is 3.75. The predicted octanol–water partition coefficient (Wildman–Crippen LogP) is 1.95. The van der Waals surface area contributed by atoms with E-state index in [9.17, 15) is 0 Å². The average molecular weight is 138 g/mol. The third-order valence-corrected chi connectivity index (χ3v) is 0.816. The van der Waals surface area contributed by atoms with Crippen molar-refractivity contribution < 1.29 is 0 Å². The summed E-state index contributed by atoms with van der Waals surface area (Å²) in [6, 6.07) is 0. The Morgan fingerprint density at radius 2 is 1.38 bits per heavy atom. The van der Waals surface area contributed by atoms with Gasteiger partial charge in [0.2, 0.25) is 0 Å². The molecule has 0 unspecified atom stereocenters. The van der Waals surface area contributed by atoms with Gasteiger partial charge in [-0.25, -0.2) is 18.8 Å². The van der Waals surface area contributed by atoms with E-state index in [-0.39, 0.29) is 45.2 Å². The summed E-state index contributed by atoms with van der Waals surface area (Å²) in [6.45, 7) is 11.1. The first kappa shape index (κ1) is 16.1. The molecule has 0 nitrogen and oxygen atoms in total. The van der Waals surface area contributed by atoms with Crippen molar-refractivity contribution in [3.8, 4) is 0 Å². The van der Waals surface area contributed by atoms with E-state index < -0.39 is 0 Å². The molecule has 8 heavy (non-hydrogen) atoms. The molecule has 46 valence electrons. The van der Waals surface area contributed by atoms with Crippen LogP contribution in [0.4, 0.5) is 0 Å². The Kier molecular flexibility index (Phi) is 22.4. The minimum absolute atomic E-state index is 0. The zero-order valence-electron chi connectivity index (χ0n) is 5.82. The smallest absolute Gasteiger partial charge is 0.358 e. The van der Waals surface area contributed by atoms with Crippen molar-refractivity contribution >= 4 is 37.7 Å². The van der Waals surface area contributed by atoms with Gasteiger partial charge in [0, 0.05) is 0 Å². The predicted molar refractivity (Wildman–Crippen MR) is 41.0 cm³/mol. The monoisotopic (exact) mass is 138 g/mol. The maximum Gasteiger partial charge on any atom is 2.00 e. The van der Waals surface area contributed by atoms with Crippen LogP contribution in [0.5, 0.6) is 0 Å². The molecular formula is C7H14Ca-2. The van der Waals surface area contributed by atoms with E-state index in [1.807, 2.05) is 0 Å². The van der Waals surface area contributed by atoms with Gasteiger partial charge in [0.15, 0.2) is 0 Å². The molecule has 0 amide bonds. The summed E-state index contributed by atoms with van der Waals surface area (Å²) in [7, 11) is 0. The Morgan fingerprint density at radius 1 is 1.12 bits per heavy atom. The molecule has 0 aliphatic carbocycles. The van der Waals surface area contributed by atoms with E-state index in [1.165, 1.54) is 0 Å². The number of hydrogen-bond donors (Lipinski definition) is 0. The van der Waals surface area contributed by atoms with Gasteiger partial charge in [0.1, 0.15) is 0 Å². The van der Waals surface area contributed by atoms with Crippen LogP contribution in [0.25, 0.3) is 0 Å². The number of hydrogen-bond acceptors (Lipinski definition) is 0. The minimum atomic E-state index is 0. The molecule has 0 aromatic rings. The molecule has 0 aromatic carbocycles. The molecule has 0 N–H and O–H groups in total. The van der Waals surface area contributed by atoms with Crippen LogP contribution in [-0.2, 0) is 0 Å². The van der Waals surface area contributed by atoms with Crippen molar-refractivity contribution in [1.82, 2.24) is 0 Å². The van der Waals surface area contributed by atoms with Crippen LogP contribution >= 0.6 is 0 Å². The van der Waals surface area contributed by atoms with Crippen LogP contribution in [0.1, 0.15) is 12.8 Å². The number of rotatable bonds is 2. The third kappa shape index (κ3) is 10.3. The van der Waals surface area contributed by atoms with Crippen molar-refractivity contribution in [3.63, 3.8) is 0 Å². The summed E-state index contributed by atoms with van der Waals surface area (Å²) in [5, 5.41) is 0. The first-order valence-electron chi connectivity index (χ1n) is 2.22. The first-order valence-corrected chi connectivity index (χ1v) is 2.22. The molecular weight excluding hydrogens is 124 g/mol. The molecule has 0 bridgehead atoms. The van der Waals surface area contributed by atoms with Crippen molar-refractivity contribution in [2.45, 2.75) is 12.8 Å². The standard InChI is InChI=1S/C6H11.CH3.Ca/c1-4-6(3)5-2;;/h6H,1-5H2;1H3;/q-3;-1;+2. The second-order valence-corrected chi connectivity index (χ2v) is 1.44. The Morgan fingerprint density at radius 3 is 1.38 bits per heavy atom. The summed E-state index contributed by atoms with van der Waals surface area (Å²) in [5.41, 5.74) is 0. The van der Waals surface area contributed by atoms with Crippen LogP contribution in [0.2, 0.25) is 0 Å². The molecule has 0 aromatic heterocycles. The van der Waals surface area contributed by atoms with E-state index in [0.29, 0.717) is 5.92 Å². The second-order valence-electron chi connectivity index (χ2n) is 1.44. The normalized spacial score (nSPS) is 7.50. The van der Waals surface area contributed by atoms with Crippen LogP contribution < -0.4 is 0 Å². The molecule has 0 aliphatic heterocycles. The largest absolute Gasteiger partial charge is 2.00 e. The molecule has 0 radical (unpaired) electrons. The molecule has 0 rings (SSSR count). The van der Waals surface area contributed by atoms with Gasteiger partial charge in [-0.1, -0.05) is 0 Å². The quantitative estimate of drug-likeness (QED) is 0.404. The summed E-state index contributed by atoms with van der Waals surface area (Å²) in [6.07, 6.45) is 1.81. The fraction of sp³-hybridized carbons (Fsp3) is 0.429. The SMILES string of the molecule is [CH2-]CC([CH2-])C[CH2-].[CH3-].[Ca+2]. The van der Waals surface area contributed by atoms with Crippen molar-refractivity contribution in [1.29, 1.82) is 0 Å². The average Bonchev–Trinajstić information content (AvgIpc) is 1.65. The van der Waals surface area contributed by atoms with Gasteiger partial charge >= 0.3 is 37.7 Å².